The van der Waals surface area contributed by atoms with Crippen LogP contribution in [0.2, 0.25) is 0 Å². The van der Waals surface area contributed by atoms with Crippen LogP contribution in [0.1, 0.15) is 36.5 Å². The number of hydrogen-bond acceptors (Lipinski definition) is 2. The highest BCUT2D eigenvalue weighted by Gasteiger charge is 2.48. The van der Waals surface area contributed by atoms with E-state index in [2.05, 4.69) is 47.4 Å². The number of likely N-dealkylation sites (tertiary alicyclic amines) is 1. The van der Waals surface area contributed by atoms with Crippen molar-refractivity contribution < 1.29 is 5.11 Å². The molecule has 3 unspecified atom stereocenters. The average molecular weight is 293 g/mol. The highest BCUT2D eigenvalue weighted by Crippen LogP contribution is 2.47. The summed E-state index contributed by atoms with van der Waals surface area (Å²) in [6, 6.07) is 21.7. The van der Waals surface area contributed by atoms with Crippen LogP contribution in [0.3, 0.4) is 0 Å². The van der Waals surface area contributed by atoms with Crippen molar-refractivity contribution in [2.24, 2.45) is 5.92 Å². The fraction of sp³-hybridized carbons (Fsp3) is 0.400. The molecule has 1 aliphatic heterocycles. The van der Waals surface area contributed by atoms with E-state index in [1.807, 2.05) is 18.2 Å². The Hall–Kier alpha value is -1.64. The van der Waals surface area contributed by atoms with Crippen molar-refractivity contribution in [3.8, 4) is 0 Å². The fourth-order valence-electron chi connectivity index (χ4n) is 4.43. The van der Waals surface area contributed by atoms with Gasteiger partial charge in [0.1, 0.15) is 0 Å². The van der Waals surface area contributed by atoms with Crippen LogP contribution in [0, 0.1) is 5.92 Å². The summed E-state index contributed by atoms with van der Waals surface area (Å²) < 4.78 is 0. The van der Waals surface area contributed by atoms with Gasteiger partial charge in [0.25, 0.3) is 0 Å². The van der Waals surface area contributed by atoms with Crippen molar-refractivity contribution in [1.82, 2.24) is 4.90 Å². The van der Waals surface area contributed by atoms with Crippen molar-refractivity contribution in [1.29, 1.82) is 0 Å². The number of benzene rings is 2. The predicted octanol–water partition coefficient (Wildman–Crippen LogP) is 3.77. The zero-order valence-corrected chi connectivity index (χ0v) is 12.8. The van der Waals surface area contributed by atoms with Crippen LogP contribution >= 0.6 is 0 Å². The Balaban J connectivity index is 1.59. The molecule has 2 fully saturated rings. The van der Waals surface area contributed by atoms with E-state index in [0.29, 0.717) is 12.0 Å². The van der Waals surface area contributed by atoms with Crippen molar-refractivity contribution >= 4 is 0 Å². The third kappa shape index (κ3) is 2.47. The molecule has 2 aliphatic rings. The van der Waals surface area contributed by atoms with Crippen LogP contribution in [0.4, 0.5) is 0 Å². The molecule has 0 spiro atoms. The van der Waals surface area contributed by atoms with E-state index in [4.69, 9.17) is 0 Å². The Bertz CT molecular complexity index is 612. The first-order chi connectivity index (χ1) is 10.8. The van der Waals surface area contributed by atoms with Gasteiger partial charge in [0.15, 0.2) is 0 Å². The smallest absolute Gasteiger partial charge is 0.0948 e. The lowest BCUT2D eigenvalue weighted by Crippen LogP contribution is -2.43. The Morgan fingerprint density at radius 3 is 2.36 bits per heavy atom. The van der Waals surface area contributed by atoms with E-state index >= 15 is 0 Å². The zero-order valence-electron chi connectivity index (χ0n) is 12.8. The van der Waals surface area contributed by atoms with Gasteiger partial charge >= 0.3 is 0 Å². The molecule has 2 aromatic carbocycles. The molecule has 22 heavy (non-hydrogen) atoms. The lowest BCUT2D eigenvalue weighted by Gasteiger charge is -2.38. The molecule has 2 aromatic rings. The SMILES string of the molecule is O[C@@H](c1ccccc1)C1C2CCC(C2)N1Cc1ccccc1. The van der Waals surface area contributed by atoms with Crippen LogP contribution in [0.25, 0.3) is 0 Å². The highest BCUT2D eigenvalue weighted by atomic mass is 16.3. The van der Waals surface area contributed by atoms with Gasteiger partial charge in [0, 0.05) is 18.6 Å². The van der Waals surface area contributed by atoms with E-state index in [-0.39, 0.29) is 12.1 Å². The van der Waals surface area contributed by atoms with E-state index in [1.165, 1.54) is 24.8 Å². The van der Waals surface area contributed by atoms with Gasteiger partial charge in [0.2, 0.25) is 0 Å². The average Bonchev–Trinajstić information content (AvgIpc) is 3.17. The first-order valence-electron chi connectivity index (χ1n) is 8.35. The Morgan fingerprint density at radius 2 is 1.64 bits per heavy atom. The first-order valence-corrected chi connectivity index (χ1v) is 8.35. The molecule has 4 rings (SSSR count). The molecular weight excluding hydrogens is 270 g/mol. The number of hydrogen-bond donors (Lipinski definition) is 1. The molecule has 4 atom stereocenters. The monoisotopic (exact) mass is 293 g/mol. The quantitative estimate of drug-likeness (QED) is 0.927. The standard InChI is InChI=1S/C20H23NO/c22-20(16-9-5-2-6-10-16)19-17-11-12-18(13-17)21(19)14-15-7-3-1-4-8-15/h1-10,17-20,22H,11-14H2/t17?,18?,19?,20-/m0/s1. The lowest BCUT2D eigenvalue weighted by atomic mass is 9.90. The summed E-state index contributed by atoms with van der Waals surface area (Å²) >= 11 is 0. The molecule has 1 N–H and O–H groups in total. The number of rotatable bonds is 4. The van der Waals surface area contributed by atoms with E-state index in [0.717, 1.165) is 12.1 Å². The third-order valence-corrected chi connectivity index (χ3v) is 5.45. The molecule has 2 bridgehead atoms. The summed E-state index contributed by atoms with van der Waals surface area (Å²) in [5, 5.41) is 10.9. The van der Waals surface area contributed by atoms with Gasteiger partial charge in [0.05, 0.1) is 6.10 Å². The Morgan fingerprint density at radius 1 is 0.955 bits per heavy atom. The van der Waals surface area contributed by atoms with Crippen LogP contribution in [0.15, 0.2) is 60.7 Å². The maximum Gasteiger partial charge on any atom is 0.0948 e. The maximum absolute atomic E-state index is 10.9. The molecule has 2 nitrogen and oxygen atoms in total. The summed E-state index contributed by atoms with van der Waals surface area (Å²) in [5.41, 5.74) is 2.40. The fourth-order valence-corrected chi connectivity index (χ4v) is 4.43. The van der Waals surface area contributed by atoms with E-state index < -0.39 is 0 Å². The molecule has 1 heterocycles. The van der Waals surface area contributed by atoms with Gasteiger partial charge in [-0.25, -0.2) is 0 Å². The van der Waals surface area contributed by atoms with Gasteiger partial charge in [-0.2, -0.15) is 0 Å². The number of piperidine rings is 1. The van der Waals surface area contributed by atoms with Crippen molar-refractivity contribution in [2.45, 2.75) is 44.0 Å². The molecule has 2 heteroatoms. The van der Waals surface area contributed by atoms with Crippen molar-refractivity contribution in [2.75, 3.05) is 0 Å². The highest BCUT2D eigenvalue weighted by molar-refractivity contribution is 5.22. The third-order valence-electron chi connectivity index (χ3n) is 5.45. The van der Waals surface area contributed by atoms with Crippen LogP contribution < -0.4 is 0 Å². The molecule has 0 amide bonds. The molecular formula is C20H23NO. The number of aliphatic hydroxyl groups excluding tert-OH is 1. The van der Waals surface area contributed by atoms with Gasteiger partial charge in [-0.3, -0.25) is 4.90 Å². The molecule has 1 aliphatic carbocycles. The second kappa shape index (κ2) is 5.86. The maximum atomic E-state index is 10.9. The lowest BCUT2D eigenvalue weighted by molar-refractivity contribution is 0.0156. The van der Waals surface area contributed by atoms with Gasteiger partial charge in [-0.1, -0.05) is 60.7 Å². The Kier molecular flexibility index (Phi) is 3.73. The largest absolute Gasteiger partial charge is 0.387 e. The summed E-state index contributed by atoms with van der Waals surface area (Å²) in [4.78, 5) is 2.56. The summed E-state index contributed by atoms with van der Waals surface area (Å²) in [6.07, 6.45) is 3.43. The second-order valence-electron chi connectivity index (χ2n) is 6.73. The molecule has 1 saturated heterocycles. The van der Waals surface area contributed by atoms with Crippen LogP contribution in [-0.4, -0.2) is 22.1 Å². The van der Waals surface area contributed by atoms with Crippen molar-refractivity contribution in [3.05, 3.63) is 71.8 Å². The molecule has 1 saturated carbocycles. The minimum absolute atomic E-state index is 0.265. The van der Waals surface area contributed by atoms with E-state index in [1.54, 1.807) is 0 Å². The van der Waals surface area contributed by atoms with Gasteiger partial charge in [-0.15, -0.1) is 0 Å². The van der Waals surface area contributed by atoms with Crippen molar-refractivity contribution in [3.63, 3.8) is 0 Å². The van der Waals surface area contributed by atoms with Gasteiger partial charge in [-0.05, 0) is 36.3 Å². The molecule has 0 radical (unpaired) electrons. The molecule has 0 aromatic heterocycles. The van der Waals surface area contributed by atoms with Gasteiger partial charge < -0.3 is 5.11 Å². The molecule has 114 valence electrons. The predicted molar refractivity (Wildman–Crippen MR) is 88.3 cm³/mol. The normalized spacial score (nSPS) is 28.9. The zero-order chi connectivity index (χ0) is 14.9. The minimum atomic E-state index is -0.375. The number of aliphatic hydroxyl groups is 1. The summed E-state index contributed by atoms with van der Waals surface area (Å²) in [5.74, 6) is 0.643. The first kappa shape index (κ1) is 14.0. The number of fused-ring (bicyclic) bond motifs is 2. The second-order valence-corrected chi connectivity index (χ2v) is 6.73. The van der Waals surface area contributed by atoms with Crippen LogP contribution in [-0.2, 0) is 6.54 Å². The summed E-state index contributed by atoms with van der Waals surface area (Å²) in [7, 11) is 0. The topological polar surface area (TPSA) is 23.5 Å². The summed E-state index contributed by atoms with van der Waals surface area (Å²) in [6.45, 7) is 0.955. The van der Waals surface area contributed by atoms with Crippen LogP contribution in [0.5, 0.6) is 0 Å². The Labute approximate surface area is 132 Å². The number of nitrogens with zero attached hydrogens (tertiary/aromatic N) is 1. The minimum Gasteiger partial charge on any atom is -0.387 e. The van der Waals surface area contributed by atoms with E-state index in [9.17, 15) is 5.11 Å².